The molecule has 0 aromatic carbocycles. The largest absolute Gasteiger partial charge is 0.464 e. The highest BCUT2D eigenvalue weighted by Crippen LogP contribution is 2.17. The number of hydrogen-bond donors (Lipinski definition) is 2. The number of aromatic nitrogens is 2. The highest BCUT2D eigenvalue weighted by Gasteiger charge is 2.20. The molecule has 0 aliphatic carbocycles. The first-order valence-electron chi connectivity index (χ1n) is 6.58. The zero-order valence-electron chi connectivity index (χ0n) is 11.3. The van der Waals surface area contributed by atoms with Crippen LogP contribution in [0.1, 0.15) is 30.3 Å². The molecular formula is C13H20N4O2. The second-order valence-corrected chi connectivity index (χ2v) is 4.82. The molecule has 0 spiro atoms. The standard InChI is InChI=1S/C13H20N4O2/c1-9(10-4-3-5-14-6-10)16-12-8-15-7-11(17-12)13(18)19-2/h7-10,14H,3-6H2,1-2H3,(H,16,17). The molecule has 2 heterocycles. The van der Waals surface area contributed by atoms with Gasteiger partial charge < -0.3 is 15.4 Å². The Bertz CT molecular complexity index is 432. The molecule has 6 heteroatoms. The Hall–Kier alpha value is -1.69. The van der Waals surface area contributed by atoms with E-state index >= 15 is 0 Å². The number of hydrogen-bond acceptors (Lipinski definition) is 6. The fourth-order valence-corrected chi connectivity index (χ4v) is 2.30. The number of esters is 1. The van der Waals surface area contributed by atoms with Crippen molar-refractivity contribution in [2.75, 3.05) is 25.5 Å². The third-order valence-corrected chi connectivity index (χ3v) is 3.45. The Balaban J connectivity index is 1.99. The quantitative estimate of drug-likeness (QED) is 0.792. The number of carbonyl (C=O) groups is 1. The first-order valence-corrected chi connectivity index (χ1v) is 6.58. The van der Waals surface area contributed by atoms with Crippen molar-refractivity contribution in [1.82, 2.24) is 15.3 Å². The first kappa shape index (κ1) is 13.7. The number of nitrogens with one attached hydrogen (secondary N) is 2. The molecule has 2 unspecified atom stereocenters. The van der Waals surface area contributed by atoms with Gasteiger partial charge in [0.2, 0.25) is 0 Å². The van der Waals surface area contributed by atoms with Gasteiger partial charge in [0.1, 0.15) is 5.82 Å². The number of anilines is 1. The smallest absolute Gasteiger partial charge is 0.358 e. The maximum atomic E-state index is 11.4. The summed E-state index contributed by atoms with van der Waals surface area (Å²) >= 11 is 0. The van der Waals surface area contributed by atoms with E-state index in [-0.39, 0.29) is 11.7 Å². The summed E-state index contributed by atoms with van der Waals surface area (Å²) in [6, 6.07) is 0.287. The number of methoxy groups -OCH3 is 1. The molecule has 0 amide bonds. The fraction of sp³-hybridized carbons (Fsp3) is 0.615. The molecule has 6 nitrogen and oxygen atoms in total. The molecule has 104 valence electrons. The predicted molar refractivity (Wildman–Crippen MR) is 72.0 cm³/mol. The van der Waals surface area contributed by atoms with Gasteiger partial charge >= 0.3 is 5.97 Å². The van der Waals surface area contributed by atoms with E-state index in [1.54, 1.807) is 6.20 Å². The van der Waals surface area contributed by atoms with Crippen molar-refractivity contribution < 1.29 is 9.53 Å². The topological polar surface area (TPSA) is 76.1 Å². The van der Waals surface area contributed by atoms with Crippen molar-refractivity contribution in [3.8, 4) is 0 Å². The molecule has 1 aromatic heterocycles. The molecule has 0 bridgehead atoms. The van der Waals surface area contributed by atoms with Gasteiger partial charge in [0.15, 0.2) is 5.69 Å². The van der Waals surface area contributed by atoms with E-state index in [2.05, 4.69) is 32.3 Å². The number of rotatable bonds is 4. The summed E-state index contributed by atoms with van der Waals surface area (Å²) in [5.41, 5.74) is 0.224. The lowest BCUT2D eigenvalue weighted by Gasteiger charge is -2.29. The van der Waals surface area contributed by atoms with E-state index in [9.17, 15) is 4.79 Å². The third-order valence-electron chi connectivity index (χ3n) is 3.45. The molecule has 1 saturated heterocycles. The molecule has 1 aliphatic heterocycles. The average molecular weight is 264 g/mol. The highest BCUT2D eigenvalue weighted by molar-refractivity contribution is 5.87. The maximum Gasteiger partial charge on any atom is 0.358 e. The van der Waals surface area contributed by atoms with Gasteiger partial charge in [-0.1, -0.05) is 0 Å². The van der Waals surface area contributed by atoms with Gasteiger partial charge in [-0.25, -0.2) is 9.78 Å². The molecule has 0 radical (unpaired) electrons. The van der Waals surface area contributed by atoms with Crippen LogP contribution in [0.4, 0.5) is 5.82 Å². The summed E-state index contributed by atoms with van der Waals surface area (Å²) in [6.45, 7) is 4.24. The van der Waals surface area contributed by atoms with E-state index in [1.807, 2.05) is 0 Å². The number of ether oxygens (including phenoxy) is 1. The highest BCUT2D eigenvalue weighted by atomic mass is 16.5. The lowest BCUT2D eigenvalue weighted by Crippen LogP contribution is -2.39. The Morgan fingerprint density at radius 3 is 3.11 bits per heavy atom. The molecule has 1 fully saturated rings. The predicted octanol–water partition coefficient (Wildman–Crippen LogP) is 1.06. The van der Waals surface area contributed by atoms with E-state index in [0.717, 1.165) is 13.1 Å². The summed E-state index contributed by atoms with van der Waals surface area (Å²) in [4.78, 5) is 19.6. The number of piperidine rings is 1. The molecule has 2 N–H and O–H groups in total. The Morgan fingerprint density at radius 2 is 2.42 bits per heavy atom. The van der Waals surface area contributed by atoms with Crippen LogP contribution in [0.25, 0.3) is 0 Å². The van der Waals surface area contributed by atoms with Gasteiger partial charge in [-0.3, -0.25) is 4.98 Å². The number of nitrogens with zero attached hydrogens (tertiary/aromatic N) is 2. The van der Waals surface area contributed by atoms with Gasteiger partial charge in [0, 0.05) is 6.04 Å². The number of carbonyl (C=O) groups excluding carboxylic acids is 1. The molecule has 1 aliphatic rings. The van der Waals surface area contributed by atoms with Gasteiger partial charge in [-0.15, -0.1) is 0 Å². The fourth-order valence-electron chi connectivity index (χ4n) is 2.30. The normalized spacial score (nSPS) is 20.6. The van der Waals surface area contributed by atoms with Crippen LogP contribution in [0.3, 0.4) is 0 Å². The molecular weight excluding hydrogens is 244 g/mol. The molecule has 2 rings (SSSR count). The van der Waals surface area contributed by atoms with E-state index in [4.69, 9.17) is 0 Å². The van der Waals surface area contributed by atoms with Crippen LogP contribution in [-0.4, -0.2) is 42.2 Å². The zero-order valence-corrected chi connectivity index (χ0v) is 11.3. The lowest BCUT2D eigenvalue weighted by atomic mass is 9.93. The van der Waals surface area contributed by atoms with Crippen LogP contribution in [0.15, 0.2) is 12.4 Å². The van der Waals surface area contributed by atoms with Crippen molar-refractivity contribution in [1.29, 1.82) is 0 Å². The minimum atomic E-state index is -0.469. The second-order valence-electron chi connectivity index (χ2n) is 4.82. The van der Waals surface area contributed by atoms with E-state index in [0.29, 0.717) is 11.7 Å². The minimum absolute atomic E-state index is 0.224. The molecule has 2 atom stereocenters. The van der Waals surface area contributed by atoms with Gasteiger partial charge in [-0.2, -0.15) is 0 Å². The summed E-state index contributed by atoms with van der Waals surface area (Å²) in [5, 5.41) is 6.70. The van der Waals surface area contributed by atoms with Gasteiger partial charge in [0.05, 0.1) is 19.5 Å². The van der Waals surface area contributed by atoms with Crippen LogP contribution in [0, 0.1) is 5.92 Å². The maximum absolute atomic E-state index is 11.4. The van der Waals surface area contributed by atoms with Crippen molar-refractivity contribution in [3.63, 3.8) is 0 Å². The van der Waals surface area contributed by atoms with E-state index in [1.165, 1.54) is 26.1 Å². The third kappa shape index (κ3) is 3.64. The SMILES string of the molecule is COC(=O)c1cncc(NC(C)C2CCCNC2)n1. The Morgan fingerprint density at radius 1 is 1.58 bits per heavy atom. The Labute approximate surface area is 113 Å². The second kappa shape index (κ2) is 6.47. The van der Waals surface area contributed by atoms with Crippen LogP contribution >= 0.6 is 0 Å². The molecule has 1 aromatic rings. The lowest BCUT2D eigenvalue weighted by molar-refractivity contribution is 0.0593. The van der Waals surface area contributed by atoms with Crippen molar-refractivity contribution in [2.45, 2.75) is 25.8 Å². The summed E-state index contributed by atoms with van der Waals surface area (Å²) in [6.07, 6.45) is 5.43. The zero-order chi connectivity index (χ0) is 13.7. The van der Waals surface area contributed by atoms with Crippen LogP contribution < -0.4 is 10.6 Å². The Kier molecular flexibility index (Phi) is 4.68. The van der Waals surface area contributed by atoms with Crippen molar-refractivity contribution in [2.24, 2.45) is 5.92 Å². The van der Waals surface area contributed by atoms with Crippen LogP contribution in [-0.2, 0) is 4.74 Å². The average Bonchev–Trinajstić information content (AvgIpc) is 2.47. The van der Waals surface area contributed by atoms with Crippen molar-refractivity contribution in [3.05, 3.63) is 18.1 Å². The summed E-state index contributed by atoms with van der Waals surface area (Å²) < 4.78 is 4.63. The monoisotopic (exact) mass is 264 g/mol. The van der Waals surface area contributed by atoms with Gasteiger partial charge in [-0.05, 0) is 38.8 Å². The summed E-state index contributed by atoms with van der Waals surface area (Å²) in [7, 11) is 1.33. The van der Waals surface area contributed by atoms with Gasteiger partial charge in [0.25, 0.3) is 0 Å². The van der Waals surface area contributed by atoms with Crippen LogP contribution in [0.2, 0.25) is 0 Å². The van der Waals surface area contributed by atoms with E-state index < -0.39 is 5.97 Å². The van der Waals surface area contributed by atoms with Crippen LogP contribution in [0.5, 0.6) is 0 Å². The summed E-state index contributed by atoms with van der Waals surface area (Å²) in [5.74, 6) is 0.710. The molecule has 19 heavy (non-hydrogen) atoms. The first-order chi connectivity index (χ1) is 9.20. The molecule has 0 saturated carbocycles. The van der Waals surface area contributed by atoms with Crippen molar-refractivity contribution >= 4 is 11.8 Å². The minimum Gasteiger partial charge on any atom is -0.464 e.